The Labute approximate surface area is 189 Å². The monoisotopic (exact) mass is 455 g/mol. The van der Waals surface area contributed by atoms with E-state index in [9.17, 15) is 18.4 Å². The van der Waals surface area contributed by atoms with Gasteiger partial charge >= 0.3 is 0 Å². The van der Waals surface area contributed by atoms with E-state index in [1.165, 1.54) is 0 Å². The largest absolute Gasteiger partial charge is 0.343 e. The van der Waals surface area contributed by atoms with Gasteiger partial charge in [-0.1, -0.05) is 35.5 Å². The van der Waals surface area contributed by atoms with E-state index >= 15 is 0 Å². The molecule has 1 aromatic heterocycles. The van der Waals surface area contributed by atoms with Crippen LogP contribution in [0.5, 0.6) is 0 Å². The zero-order valence-corrected chi connectivity index (χ0v) is 18.0. The van der Waals surface area contributed by atoms with Gasteiger partial charge in [0.2, 0.25) is 17.6 Å². The van der Waals surface area contributed by atoms with Crippen molar-refractivity contribution in [3.8, 4) is 11.4 Å². The average Bonchev–Trinajstić information content (AvgIpc) is 3.33. The van der Waals surface area contributed by atoms with Gasteiger partial charge in [-0.15, -0.1) is 0 Å². The third-order valence-corrected chi connectivity index (χ3v) is 5.62. The maximum Gasteiger partial charge on any atom is 0.254 e. The van der Waals surface area contributed by atoms with Crippen molar-refractivity contribution in [2.24, 2.45) is 0 Å². The lowest BCUT2D eigenvalue weighted by molar-refractivity contribution is -0.132. The standard InChI is InChI=1S/C23H23F2N5O3/c1-15(23-27-21(28-33-23)16-5-3-2-4-6-16)29-9-11-30(12-10-29)20(31)14-26-22(32)18-8-7-17(24)13-19(18)25/h2-8,13,15H,9-12,14H2,1H3,(H,26,32). The first-order valence-corrected chi connectivity index (χ1v) is 10.6. The van der Waals surface area contributed by atoms with Crippen LogP contribution in [0.25, 0.3) is 11.4 Å². The molecular formula is C23H23F2N5O3. The topological polar surface area (TPSA) is 91.6 Å². The van der Waals surface area contributed by atoms with Crippen molar-refractivity contribution in [2.45, 2.75) is 13.0 Å². The predicted octanol–water partition coefficient (Wildman–Crippen LogP) is 2.65. The van der Waals surface area contributed by atoms with Gasteiger partial charge < -0.3 is 14.7 Å². The predicted molar refractivity (Wildman–Crippen MR) is 115 cm³/mol. The Morgan fingerprint density at radius 2 is 1.82 bits per heavy atom. The third kappa shape index (κ3) is 5.23. The number of benzene rings is 2. The van der Waals surface area contributed by atoms with E-state index in [4.69, 9.17) is 4.52 Å². The molecule has 1 atom stereocenters. The molecule has 10 heteroatoms. The van der Waals surface area contributed by atoms with Crippen LogP contribution in [0.4, 0.5) is 8.78 Å². The molecule has 1 unspecified atom stereocenters. The van der Waals surface area contributed by atoms with Crippen molar-refractivity contribution in [1.29, 1.82) is 0 Å². The van der Waals surface area contributed by atoms with Crippen LogP contribution >= 0.6 is 0 Å². The second-order valence-corrected chi connectivity index (χ2v) is 7.72. The molecule has 1 fully saturated rings. The molecule has 0 spiro atoms. The quantitative estimate of drug-likeness (QED) is 0.615. The van der Waals surface area contributed by atoms with Gasteiger partial charge in [-0.3, -0.25) is 14.5 Å². The lowest BCUT2D eigenvalue weighted by atomic mass is 10.2. The molecule has 33 heavy (non-hydrogen) atoms. The SMILES string of the molecule is CC(c1nc(-c2ccccc2)no1)N1CCN(C(=O)CNC(=O)c2ccc(F)cc2F)CC1. The summed E-state index contributed by atoms with van der Waals surface area (Å²) in [6.45, 7) is 3.81. The minimum Gasteiger partial charge on any atom is -0.343 e. The van der Waals surface area contributed by atoms with Gasteiger partial charge in [-0.25, -0.2) is 8.78 Å². The summed E-state index contributed by atoms with van der Waals surface area (Å²) in [6, 6.07) is 12.1. The highest BCUT2D eigenvalue weighted by Crippen LogP contribution is 2.23. The number of carbonyl (C=O) groups is 2. The zero-order valence-electron chi connectivity index (χ0n) is 18.0. The Hall–Kier alpha value is -3.66. The highest BCUT2D eigenvalue weighted by molar-refractivity contribution is 5.96. The molecule has 0 aliphatic carbocycles. The van der Waals surface area contributed by atoms with Crippen LogP contribution in [0.3, 0.4) is 0 Å². The fraction of sp³-hybridized carbons (Fsp3) is 0.304. The second kappa shape index (κ2) is 9.86. The third-order valence-electron chi connectivity index (χ3n) is 5.62. The maximum absolute atomic E-state index is 13.7. The van der Waals surface area contributed by atoms with Crippen LogP contribution in [0.2, 0.25) is 0 Å². The Morgan fingerprint density at radius 1 is 1.09 bits per heavy atom. The summed E-state index contributed by atoms with van der Waals surface area (Å²) in [4.78, 5) is 32.8. The Bertz CT molecular complexity index is 1130. The molecular weight excluding hydrogens is 432 g/mol. The highest BCUT2D eigenvalue weighted by atomic mass is 19.1. The lowest BCUT2D eigenvalue weighted by Crippen LogP contribution is -2.51. The second-order valence-electron chi connectivity index (χ2n) is 7.72. The first-order valence-electron chi connectivity index (χ1n) is 10.6. The fourth-order valence-electron chi connectivity index (χ4n) is 3.66. The molecule has 0 saturated carbocycles. The van der Waals surface area contributed by atoms with E-state index in [2.05, 4.69) is 20.4 Å². The average molecular weight is 455 g/mol. The molecule has 2 amide bonds. The first-order chi connectivity index (χ1) is 15.9. The van der Waals surface area contributed by atoms with Crippen LogP contribution < -0.4 is 5.32 Å². The number of hydrogen-bond acceptors (Lipinski definition) is 6. The molecule has 1 aliphatic heterocycles. The van der Waals surface area contributed by atoms with E-state index in [0.29, 0.717) is 44.0 Å². The summed E-state index contributed by atoms with van der Waals surface area (Å²) >= 11 is 0. The van der Waals surface area contributed by atoms with E-state index < -0.39 is 17.5 Å². The van der Waals surface area contributed by atoms with Gasteiger partial charge in [-0.05, 0) is 19.1 Å². The van der Waals surface area contributed by atoms with E-state index in [1.54, 1.807) is 4.90 Å². The van der Waals surface area contributed by atoms with Gasteiger partial charge in [0.15, 0.2) is 0 Å². The van der Waals surface area contributed by atoms with E-state index in [-0.39, 0.29) is 24.1 Å². The van der Waals surface area contributed by atoms with Gasteiger partial charge in [0.1, 0.15) is 11.6 Å². The number of carbonyl (C=O) groups excluding carboxylic acids is 2. The normalized spacial score (nSPS) is 15.3. The number of aromatic nitrogens is 2. The molecule has 1 saturated heterocycles. The fourth-order valence-corrected chi connectivity index (χ4v) is 3.66. The number of rotatable bonds is 6. The number of halogens is 2. The van der Waals surface area contributed by atoms with E-state index in [1.807, 2.05) is 37.3 Å². The van der Waals surface area contributed by atoms with Crippen molar-refractivity contribution in [3.63, 3.8) is 0 Å². The van der Waals surface area contributed by atoms with Crippen LogP contribution in [-0.4, -0.2) is 64.5 Å². The molecule has 172 valence electrons. The van der Waals surface area contributed by atoms with Crippen molar-refractivity contribution in [2.75, 3.05) is 32.7 Å². The summed E-state index contributed by atoms with van der Waals surface area (Å²) in [6.07, 6.45) is 0. The van der Waals surface area contributed by atoms with Crippen LogP contribution in [0.1, 0.15) is 29.2 Å². The number of nitrogens with one attached hydrogen (secondary N) is 1. The number of piperazine rings is 1. The summed E-state index contributed by atoms with van der Waals surface area (Å²) in [5, 5.41) is 6.45. The lowest BCUT2D eigenvalue weighted by Gasteiger charge is -2.36. The minimum absolute atomic E-state index is 0.117. The molecule has 8 nitrogen and oxygen atoms in total. The van der Waals surface area contributed by atoms with Gasteiger partial charge in [-0.2, -0.15) is 4.98 Å². The molecule has 2 aromatic carbocycles. The van der Waals surface area contributed by atoms with Crippen LogP contribution in [0.15, 0.2) is 53.1 Å². The molecule has 1 N–H and O–H groups in total. The van der Waals surface area contributed by atoms with Gasteiger partial charge in [0.25, 0.3) is 5.91 Å². The maximum atomic E-state index is 13.7. The molecule has 0 bridgehead atoms. The Kier molecular flexibility index (Phi) is 6.74. The highest BCUT2D eigenvalue weighted by Gasteiger charge is 2.28. The molecule has 3 aromatic rings. The Balaban J connectivity index is 1.27. The first kappa shape index (κ1) is 22.5. The van der Waals surface area contributed by atoms with Crippen LogP contribution in [0, 0.1) is 11.6 Å². The summed E-state index contributed by atoms with van der Waals surface area (Å²) < 4.78 is 32.2. The zero-order chi connectivity index (χ0) is 23.4. The summed E-state index contributed by atoms with van der Waals surface area (Å²) in [5.74, 6) is -1.76. The molecule has 0 radical (unpaired) electrons. The van der Waals surface area contributed by atoms with Crippen LogP contribution in [-0.2, 0) is 4.79 Å². The molecule has 1 aliphatic rings. The van der Waals surface area contributed by atoms with Crippen molar-refractivity contribution >= 4 is 11.8 Å². The number of nitrogens with zero attached hydrogens (tertiary/aromatic N) is 4. The van der Waals surface area contributed by atoms with E-state index in [0.717, 1.165) is 17.7 Å². The number of amides is 2. The smallest absolute Gasteiger partial charge is 0.254 e. The minimum atomic E-state index is -0.973. The van der Waals surface area contributed by atoms with Gasteiger partial charge in [0.05, 0.1) is 18.2 Å². The summed E-state index contributed by atoms with van der Waals surface area (Å²) in [7, 11) is 0. The molecule has 4 rings (SSSR count). The summed E-state index contributed by atoms with van der Waals surface area (Å²) in [5.41, 5.74) is 0.565. The number of hydrogen-bond donors (Lipinski definition) is 1. The van der Waals surface area contributed by atoms with Crippen molar-refractivity contribution in [3.05, 3.63) is 71.6 Å². The Morgan fingerprint density at radius 3 is 2.52 bits per heavy atom. The van der Waals surface area contributed by atoms with Gasteiger partial charge in [0, 0.05) is 37.8 Å². The molecule has 2 heterocycles. The van der Waals surface area contributed by atoms with Crippen molar-refractivity contribution < 1.29 is 22.9 Å². The van der Waals surface area contributed by atoms with Crippen molar-refractivity contribution in [1.82, 2.24) is 25.3 Å².